The van der Waals surface area contributed by atoms with Crippen molar-refractivity contribution in [1.29, 1.82) is 0 Å². The molecule has 0 fully saturated rings. The number of hydrogen-bond donors (Lipinski definition) is 1. The minimum Gasteiger partial charge on any atom is -0.478 e. The molecule has 1 heterocycles. The third-order valence-corrected chi connectivity index (χ3v) is 2.85. The molecule has 94 valence electrons. The van der Waals surface area contributed by atoms with Gasteiger partial charge in [0.15, 0.2) is 0 Å². The quantitative estimate of drug-likeness (QED) is 0.899. The molecule has 0 radical (unpaired) electrons. The second kappa shape index (κ2) is 5.04. The van der Waals surface area contributed by atoms with Gasteiger partial charge in [0.25, 0.3) is 0 Å². The Morgan fingerprint density at radius 2 is 2.06 bits per heavy atom. The van der Waals surface area contributed by atoms with Crippen LogP contribution in [0.3, 0.4) is 0 Å². The molecule has 0 aliphatic rings. The summed E-state index contributed by atoms with van der Waals surface area (Å²) in [6.07, 6.45) is 2.92. The average Bonchev–Trinajstić information content (AvgIpc) is 2.70. The van der Waals surface area contributed by atoms with Crippen LogP contribution in [-0.4, -0.2) is 20.9 Å². The first-order chi connectivity index (χ1) is 8.63. The fourth-order valence-electron chi connectivity index (χ4n) is 2.03. The van der Waals surface area contributed by atoms with Crippen LogP contribution in [0.5, 0.6) is 0 Å². The van der Waals surface area contributed by atoms with E-state index in [0.29, 0.717) is 5.56 Å². The molecule has 4 nitrogen and oxygen atoms in total. The van der Waals surface area contributed by atoms with Crippen LogP contribution in [0.4, 0.5) is 0 Å². The first-order valence-electron chi connectivity index (χ1n) is 6.00. The van der Waals surface area contributed by atoms with Gasteiger partial charge in [-0.05, 0) is 25.0 Å². The highest BCUT2D eigenvalue weighted by atomic mass is 16.4. The number of aromatic nitrogens is 2. The van der Waals surface area contributed by atoms with Crippen molar-refractivity contribution in [2.75, 3.05) is 0 Å². The minimum absolute atomic E-state index is 0.316. The Hall–Kier alpha value is -2.10. The van der Waals surface area contributed by atoms with E-state index in [1.165, 1.54) is 0 Å². The Morgan fingerprint density at radius 3 is 2.72 bits per heavy atom. The van der Waals surface area contributed by atoms with E-state index in [-0.39, 0.29) is 0 Å². The van der Waals surface area contributed by atoms with Crippen LogP contribution >= 0.6 is 0 Å². The molecule has 0 saturated heterocycles. The molecule has 0 saturated carbocycles. The Morgan fingerprint density at radius 1 is 1.33 bits per heavy atom. The van der Waals surface area contributed by atoms with Crippen molar-refractivity contribution in [1.82, 2.24) is 9.78 Å². The lowest BCUT2D eigenvalue weighted by molar-refractivity contribution is 0.0698. The average molecular weight is 244 g/mol. The maximum Gasteiger partial charge on any atom is 0.336 e. The van der Waals surface area contributed by atoms with Crippen molar-refractivity contribution >= 4 is 5.97 Å². The van der Waals surface area contributed by atoms with Gasteiger partial charge in [-0.1, -0.05) is 25.1 Å². The van der Waals surface area contributed by atoms with E-state index in [4.69, 9.17) is 0 Å². The van der Waals surface area contributed by atoms with Crippen molar-refractivity contribution in [3.63, 3.8) is 0 Å². The zero-order valence-corrected chi connectivity index (χ0v) is 10.6. The van der Waals surface area contributed by atoms with Gasteiger partial charge in [0.1, 0.15) is 0 Å². The van der Waals surface area contributed by atoms with Gasteiger partial charge in [0.05, 0.1) is 11.3 Å². The molecular formula is C14H16N2O2. The number of rotatable bonds is 4. The molecule has 0 aliphatic carbocycles. The summed E-state index contributed by atoms with van der Waals surface area (Å²) >= 11 is 0. The second-order valence-corrected chi connectivity index (χ2v) is 4.24. The topological polar surface area (TPSA) is 55.1 Å². The first kappa shape index (κ1) is 12.4. The third kappa shape index (κ3) is 2.27. The summed E-state index contributed by atoms with van der Waals surface area (Å²) in [7, 11) is 0. The lowest BCUT2D eigenvalue weighted by Crippen LogP contribution is -1.99. The minimum atomic E-state index is -0.909. The molecule has 1 aromatic carbocycles. The Kier molecular flexibility index (Phi) is 3.46. The molecule has 1 aromatic heterocycles. The summed E-state index contributed by atoms with van der Waals surface area (Å²) in [5, 5.41) is 13.6. The Labute approximate surface area is 106 Å². The van der Waals surface area contributed by atoms with E-state index in [9.17, 15) is 9.90 Å². The van der Waals surface area contributed by atoms with Crippen LogP contribution in [0.1, 0.15) is 29.4 Å². The normalized spacial score (nSPS) is 10.6. The zero-order chi connectivity index (χ0) is 13.1. The highest BCUT2D eigenvalue weighted by Gasteiger charge is 2.14. The SMILES string of the molecule is CCCn1cc(-c2ccccc2C(=O)O)c(C)n1. The maximum absolute atomic E-state index is 11.2. The van der Waals surface area contributed by atoms with Crippen LogP contribution < -0.4 is 0 Å². The third-order valence-electron chi connectivity index (χ3n) is 2.85. The van der Waals surface area contributed by atoms with E-state index in [1.54, 1.807) is 12.1 Å². The van der Waals surface area contributed by atoms with E-state index in [1.807, 2.05) is 29.9 Å². The van der Waals surface area contributed by atoms with E-state index >= 15 is 0 Å². The van der Waals surface area contributed by atoms with Crippen LogP contribution in [0, 0.1) is 6.92 Å². The molecule has 0 amide bonds. The highest BCUT2D eigenvalue weighted by Crippen LogP contribution is 2.26. The van der Waals surface area contributed by atoms with Crippen molar-refractivity contribution in [3.05, 3.63) is 41.7 Å². The fraction of sp³-hybridized carbons (Fsp3) is 0.286. The lowest BCUT2D eigenvalue weighted by atomic mass is 10.0. The number of nitrogens with zero attached hydrogens (tertiary/aromatic N) is 2. The van der Waals surface area contributed by atoms with Gasteiger partial charge < -0.3 is 5.11 Å². The molecule has 4 heteroatoms. The second-order valence-electron chi connectivity index (χ2n) is 4.24. The van der Waals surface area contributed by atoms with Crippen molar-refractivity contribution in [3.8, 4) is 11.1 Å². The lowest BCUT2D eigenvalue weighted by Gasteiger charge is -2.03. The van der Waals surface area contributed by atoms with Crippen LogP contribution in [0.15, 0.2) is 30.5 Å². The molecule has 0 aliphatic heterocycles. The Bertz CT molecular complexity index is 573. The predicted molar refractivity (Wildman–Crippen MR) is 69.7 cm³/mol. The number of aromatic carboxylic acids is 1. The van der Waals surface area contributed by atoms with E-state index < -0.39 is 5.97 Å². The van der Waals surface area contributed by atoms with Crippen molar-refractivity contribution in [2.45, 2.75) is 26.8 Å². The number of aryl methyl sites for hydroxylation is 2. The van der Waals surface area contributed by atoms with Gasteiger partial charge in [-0.15, -0.1) is 0 Å². The number of carboxylic acid groups (broad SMARTS) is 1. The van der Waals surface area contributed by atoms with Gasteiger partial charge in [0.2, 0.25) is 0 Å². The van der Waals surface area contributed by atoms with Gasteiger partial charge in [-0.25, -0.2) is 4.79 Å². The van der Waals surface area contributed by atoms with Gasteiger partial charge >= 0.3 is 5.97 Å². The van der Waals surface area contributed by atoms with Crippen molar-refractivity contribution in [2.24, 2.45) is 0 Å². The molecule has 0 spiro atoms. The zero-order valence-electron chi connectivity index (χ0n) is 10.6. The molecule has 0 bridgehead atoms. The van der Waals surface area contributed by atoms with Gasteiger partial charge in [-0.3, -0.25) is 4.68 Å². The predicted octanol–water partition coefficient (Wildman–Crippen LogP) is 2.97. The summed E-state index contributed by atoms with van der Waals surface area (Å²) in [5.74, 6) is -0.909. The van der Waals surface area contributed by atoms with E-state index in [0.717, 1.165) is 29.8 Å². The van der Waals surface area contributed by atoms with E-state index in [2.05, 4.69) is 12.0 Å². The number of carboxylic acids is 1. The largest absolute Gasteiger partial charge is 0.478 e. The van der Waals surface area contributed by atoms with Crippen LogP contribution in [0.2, 0.25) is 0 Å². The standard InChI is InChI=1S/C14H16N2O2/c1-3-8-16-9-13(10(2)15-16)11-6-4-5-7-12(11)14(17)18/h4-7,9H,3,8H2,1-2H3,(H,17,18). The molecule has 2 aromatic rings. The highest BCUT2D eigenvalue weighted by molar-refractivity contribution is 5.96. The summed E-state index contributed by atoms with van der Waals surface area (Å²) in [5.41, 5.74) is 2.79. The molecule has 0 unspecified atom stereocenters. The van der Waals surface area contributed by atoms with Gasteiger partial charge in [-0.2, -0.15) is 5.10 Å². The smallest absolute Gasteiger partial charge is 0.336 e. The summed E-state index contributed by atoms with van der Waals surface area (Å²) in [6.45, 7) is 4.83. The Balaban J connectivity index is 2.51. The number of carbonyl (C=O) groups is 1. The number of benzene rings is 1. The monoisotopic (exact) mass is 244 g/mol. The summed E-state index contributed by atoms with van der Waals surface area (Å²) in [4.78, 5) is 11.2. The van der Waals surface area contributed by atoms with Crippen LogP contribution in [-0.2, 0) is 6.54 Å². The summed E-state index contributed by atoms with van der Waals surface area (Å²) in [6, 6.07) is 7.02. The van der Waals surface area contributed by atoms with Crippen LogP contribution in [0.25, 0.3) is 11.1 Å². The van der Waals surface area contributed by atoms with Crippen molar-refractivity contribution < 1.29 is 9.90 Å². The number of hydrogen-bond acceptors (Lipinski definition) is 2. The summed E-state index contributed by atoms with van der Waals surface area (Å²) < 4.78 is 1.86. The molecule has 2 rings (SSSR count). The molecule has 1 N–H and O–H groups in total. The molecule has 0 atom stereocenters. The molecular weight excluding hydrogens is 228 g/mol. The van der Waals surface area contributed by atoms with Gasteiger partial charge in [0, 0.05) is 18.3 Å². The maximum atomic E-state index is 11.2. The molecule has 18 heavy (non-hydrogen) atoms. The first-order valence-corrected chi connectivity index (χ1v) is 6.00. The fourth-order valence-corrected chi connectivity index (χ4v) is 2.03.